The van der Waals surface area contributed by atoms with Crippen LogP contribution in [0.1, 0.15) is 26.2 Å². The maximum atomic E-state index is 5.78. The van der Waals surface area contributed by atoms with Gasteiger partial charge in [0.05, 0.1) is 5.41 Å². The van der Waals surface area contributed by atoms with Crippen molar-refractivity contribution < 1.29 is 4.52 Å². The minimum atomic E-state index is -0.249. The SMILES string of the molecule is CCC(C)(CN)c1nc(-c2ccc(Br)cc2)no1. The van der Waals surface area contributed by atoms with Crippen LogP contribution in [0.5, 0.6) is 0 Å². The monoisotopic (exact) mass is 309 g/mol. The third-order valence-corrected chi connectivity index (χ3v) is 3.80. The molecule has 0 amide bonds. The van der Waals surface area contributed by atoms with Gasteiger partial charge in [-0.05, 0) is 37.6 Å². The second kappa shape index (κ2) is 5.20. The van der Waals surface area contributed by atoms with Crippen molar-refractivity contribution in [3.63, 3.8) is 0 Å². The Morgan fingerprint density at radius 2 is 2.00 bits per heavy atom. The van der Waals surface area contributed by atoms with Gasteiger partial charge < -0.3 is 10.3 Å². The second-order valence-corrected chi connectivity index (χ2v) is 5.46. The minimum Gasteiger partial charge on any atom is -0.338 e. The van der Waals surface area contributed by atoms with Crippen molar-refractivity contribution in [3.8, 4) is 11.4 Å². The molecule has 2 rings (SSSR count). The van der Waals surface area contributed by atoms with E-state index in [2.05, 4.69) is 33.0 Å². The molecule has 5 heteroatoms. The molecule has 18 heavy (non-hydrogen) atoms. The normalized spacial score (nSPS) is 14.4. The quantitative estimate of drug-likeness (QED) is 0.942. The maximum Gasteiger partial charge on any atom is 0.234 e. The van der Waals surface area contributed by atoms with Crippen LogP contribution in [0, 0.1) is 0 Å². The second-order valence-electron chi connectivity index (χ2n) is 4.55. The first kappa shape index (κ1) is 13.2. The van der Waals surface area contributed by atoms with Crippen molar-refractivity contribution >= 4 is 15.9 Å². The van der Waals surface area contributed by atoms with Gasteiger partial charge in [-0.2, -0.15) is 4.98 Å². The van der Waals surface area contributed by atoms with Crippen LogP contribution < -0.4 is 5.73 Å². The highest BCUT2D eigenvalue weighted by Crippen LogP contribution is 2.27. The Balaban J connectivity index is 2.33. The molecule has 96 valence electrons. The Morgan fingerprint density at radius 3 is 2.56 bits per heavy atom. The van der Waals surface area contributed by atoms with Crippen molar-refractivity contribution in [2.45, 2.75) is 25.7 Å². The van der Waals surface area contributed by atoms with E-state index in [-0.39, 0.29) is 5.41 Å². The summed E-state index contributed by atoms with van der Waals surface area (Å²) in [5.74, 6) is 1.20. The van der Waals surface area contributed by atoms with Gasteiger partial charge in [0.2, 0.25) is 11.7 Å². The molecule has 1 heterocycles. The van der Waals surface area contributed by atoms with Gasteiger partial charge >= 0.3 is 0 Å². The van der Waals surface area contributed by atoms with Crippen LogP contribution in [0.4, 0.5) is 0 Å². The average Bonchev–Trinajstić information content (AvgIpc) is 2.89. The molecule has 0 aliphatic rings. The van der Waals surface area contributed by atoms with Crippen molar-refractivity contribution in [1.82, 2.24) is 10.1 Å². The molecule has 0 bridgehead atoms. The van der Waals surface area contributed by atoms with E-state index in [1.54, 1.807) is 0 Å². The molecule has 1 unspecified atom stereocenters. The van der Waals surface area contributed by atoms with E-state index in [9.17, 15) is 0 Å². The molecule has 0 spiro atoms. The Hall–Kier alpha value is -1.20. The van der Waals surface area contributed by atoms with Gasteiger partial charge in [-0.3, -0.25) is 0 Å². The highest BCUT2D eigenvalue weighted by atomic mass is 79.9. The Bertz CT molecular complexity index is 517. The number of benzene rings is 1. The zero-order valence-corrected chi connectivity index (χ0v) is 12.1. The molecule has 0 fully saturated rings. The standard InChI is InChI=1S/C13H16BrN3O/c1-3-13(2,8-15)12-16-11(17-18-12)9-4-6-10(14)7-5-9/h4-7H,3,8,15H2,1-2H3. The predicted molar refractivity (Wildman–Crippen MR) is 74.1 cm³/mol. The lowest BCUT2D eigenvalue weighted by Crippen LogP contribution is -2.31. The van der Waals surface area contributed by atoms with E-state index >= 15 is 0 Å². The molecule has 2 aromatic rings. The van der Waals surface area contributed by atoms with Gasteiger partial charge in [0.1, 0.15) is 0 Å². The maximum absolute atomic E-state index is 5.78. The van der Waals surface area contributed by atoms with Gasteiger partial charge in [-0.15, -0.1) is 0 Å². The lowest BCUT2D eigenvalue weighted by Gasteiger charge is -2.20. The molecular formula is C13H16BrN3O. The number of halogens is 1. The fraction of sp³-hybridized carbons (Fsp3) is 0.385. The van der Waals surface area contributed by atoms with Crippen LogP contribution >= 0.6 is 15.9 Å². The number of nitrogens with zero attached hydrogens (tertiary/aromatic N) is 2. The summed E-state index contributed by atoms with van der Waals surface area (Å²) >= 11 is 3.40. The van der Waals surface area contributed by atoms with Crippen molar-refractivity contribution in [1.29, 1.82) is 0 Å². The summed E-state index contributed by atoms with van der Waals surface area (Å²) < 4.78 is 6.37. The molecule has 1 atom stereocenters. The molecule has 0 aliphatic heterocycles. The van der Waals surface area contributed by atoms with Gasteiger partial charge in [-0.25, -0.2) is 0 Å². The molecule has 1 aromatic heterocycles. The highest BCUT2D eigenvalue weighted by molar-refractivity contribution is 9.10. The molecule has 2 N–H and O–H groups in total. The van der Waals surface area contributed by atoms with Crippen LogP contribution in [0.3, 0.4) is 0 Å². The number of aromatic nitrogens is 2. The number of hydrogen-bond acceptors (Lipinski definition) is 4. The summed E-state index contributed by atoms with van der Waals surface area (Å²) in [6, 6.07) is 7.80. The largest absolute Gasteiger partial charge is 0.338 e. The Morgan fingerprint density at radius 1 is 1.33 bits per heavy atom. The zero-order chi connectivity index (χ0) is 13.2. The molecule has 1 aromatic carbocycles. The fourth-order valence-electron chi connectivity index (χ4n) is 1.57. The first-order chi connectivity index (χ1) is 8.59. The zero-order valence-electron chi connectivity index (χ0n) is 10.5. The van der Waals surface area contributed by atoms with Crippen LogP contribution in [-0.2, 0) is 5.41 Å². The van der Waals surface area contributed by atoms with Crippen molar-refractivity contribution in [2.75, 3.05) is 6.54 Å². The minimum absolute atomic E-state index is 0.249. The Labute approximate surface area is 115 Å². The van der Waals surface area contributed by atoms with Crippen LogP contribution in [-0.4, -0.2) is 16.7 Å². The van der Waals surface area contributed by atoms with Crippen molar-refractivity contribution in [2.24, 2.45) is 5.73 Å². The predicted octanol–water partition coefficient (Wildman–Crippen LogP) is 3.13. The number of hydrogen-bond donors (Lipinski definition) is 1. The lowest BCUT2D eigenvalue weighted by molar-refractivity contribution is 0.291. The topological polar surface area (TPSA) is 64.9 Å². The fourth-order valence-corrected chi connectivity index (χ4v) is 1.83. The van der Waals surface area contributed by atoms with E-state index < -0.39 is 0 Å². The molecule has 4 nitrogen and oxygen atoms in total. The van der Waals surface area contributed by atoms with Crippen molar-refractivity contribution in [3.05, 3.63) is 34.6 Å². The molecule has 0 saturated heterocycles. The van der Waals surface area contributed by atoms with E-state index in [4.69, 9.17) is 10.3 Å². The molecule has 0 saturated carbocycles. The van der Waals surface area contributed by atoms with Gasteiger partial charge in [-0.1, -0.05) is 28.0 Å². The van der Waals surface area contributed by atoms with Crippen LogP contribution in [0.2, 0.25) is 0 Å². The van der Waals surface area contributed by atoms with Crippen LogP contribution in [0.25, 0.3) is 11.4 Å². The number of rotatable bonds is 4. The molecular weight excluding hydrogens is 294 g/mol. The summed E-state index contributed by atoms with van der Waals surface area (Å²) in [5.41, 5.74) is 6.47. The average molecular weight is 310 g/mol. The smallest absolute Gasteiger partial charge is 0.234 e. The summed E-state index contributed by atoms with van der Waals surface area (Å²) in [4.78, 5) is 4.45. The molecule has 0 aliphatic carbocycles. The van der Waals surface area contributed by atoms with Gasteiger partial charge in [0.15, 0.2) is 0 Å². The lowest BCUT2D eigenvalue weighted by atomic mass is 9.88. The first-order valence-corrected chi connectivity index (χ1v) is 6.68. The third kappa shape index (κ3) is 2.47. The molecule has 0 radical (unpaired) electrons. The van der Waals surface area contributed by atoms with Gasteiger partial charge in [0, 0.05) is 16.6 Å². The summed E-state index contributed by atoms with van der Waals surface area (Å²) in [6.45, 7) is 4.59. The summed E-state index contributed by atoms with van der Waals surface area (Å²) in [5, 5.41) is 4.02. The van der Waals surface area contributed by atoms with Crippen LogP contribution in [0.15, 0.2) is 33.3 Å². The van der Waals surface area contributed by atoms with E-state index in [1.165, 1.54) is 0 Å². The first-order valence-electron chi connectivity index (χ1n) is 5.89. The Kier molecular flexibility index (Phi) is 3.82. The summed E-state index contributed by atoms with van der Waals surface area (Å²) in [6.07, 6.45) is 0.867. The van der Waals surface area contributed by atoms with E-state index in [0.29, 0.717) is 18.3 Å². The third-order valence-electron chi connectivity index (χ3n) is 3.28. The highest BCUT2D eigenvalue weighted by Gasteiger charge is 2.29. The number of nitrogens with two attached hydrogens (primary N) is 1. The van der Waals surface area contributed by atoms with E-state index in [1.807, 2.05) is 31.2 Å². The van der Waals surface area contributed by atoms with E-state index in [0.717, 1.165) is 16.5 Å². The van der Waals surface area contributed by atoms with Gasteiger partial charge in [0.25, 0.3) is 0 Å². The summed E-state index contributed by atoms with van der Waals surface area (Å²) in [7, 11) is 0.